The maximum absolute atomic E-state index is 12.5. The molecule has 0 aromatic heterocycles. The quantitative estimate of drug-likeness (QED) is 0.884. The Morgan fingerprint density at radius 2 is 1.52 bits per heavy atom. The van der Waals surface area contributed by atoms with Crippen molar-refractivity contribution in [2.75, 3.05) is 11.9 Å². The minimum atomic E-state index is -4.46. The highest BCUT2D eigenvalue weighted by atomic mass is 19.4. The van der Waals surface area contributed by atoms with Gasteiger partial charge >= 0.3 is 6.18 Å². The van der Waals surface area contributed by atoms with Crippen LogP contribution in [0, 0.1) is 13.8 Å². The summed E-state index contributed by atoms with van der Waals surface area (Å²) >= 11 is 0. The molecule has 2 aromatic rings. The molecular weight excluding hydrogens is 333 g/mol. The zero-order chi connectivity index (χ0) is 18.6. The molecular formula is C18H17F3N2O2. The van der Waals surface area contributed by atoms with Gasteiger partial charge in [0.15, 0.2) is 0 Å². The molecule has 7 heteroatoms. The highest BCUT2D eigenvalue weighted by Crippen LogP contribution is 2.29. The Morgan fingerprint density at radius 3 is 2.04 bits per heavy atom. The van der Waals surface area contributed by atoms with Crippen LogP contribution < -0.4 is 10.6 Å². The summed E-state index contributed by atoms with van der Waals surface area (Å²) in [5.41, 5.74) is 1.67. The van der Waals surface area contributed by atoms with E-state index < -0.39 is 23.6 Å². The molecule has 2 N–H and O–H groups in total. The van der Waals surface area contributed by atoms with Crippen LogP contribution in [0.1, 0.15) is 27.0 Å². The number of hydrogen-bond donors (Lipinski definition) is 2. The van der Waals surface area contributed by atoms with Crippen molar-refractivity contribution in [3.63, 3.8) is 0 Å². The molecule has 0 aliphatic carbocycles. The van der Waals surface area contributed by atoms with Crippen LogP contribution in [0.5, 0.6) is 0 Å². The zero-order valence-electron chi connectivity index (χ0n) is 13.7. The fourth-order valence-corrected chi connectivity index (χ4v) is 2.27. The Balaban J connectivity index is 1.94. The summed E-state index contributed by atoms with van der Waals surface area (Å²) in [6, 6.07) is 9.36. The lowest BCUT2D eigenvalue weighted by Crippen LogP contribution is -2.33. The van der Waals surface area contributed by atoms with Gasteiger partial charge in [-0.1, -0.05) is 18.2 Å². The minimum Gasteiger partial charge on any atom is -0.343 e. The number of nitrogens with one attached hydrogen (secondary N) is 2. The van der Waals surface area contributed by atoms with Crippen molar-refractivity contribution < 1.29 is 22.8 Å². The summed E-state index contributed by atoms with van der Waals surface area (Å²) in [6.07, 6.45) is -4.46. The lowest BCUT2D eigenvalue weighted by molar-refractivity contribution is -0.137. The van der Waals surface area contributed by atoms with Crippen LogP contribution in [0.4, 0.5) is 18.9 Å². The Bertz CT molecular complexity index is 764. The van der Waals surface area contributed by atoms with E-state index in [1.165, 1.54) is 0 Å². The van der Waals surface area contributed by atoms with E-state index in [2.05, 4.69) is 10.6 Å². The standard InChI is InChI=1S/C18H17F3N2O2/c1-11-4-3-5-12(2)16(11)23-15(24)10-22-17(25)13-6-8-14(9-7-13)18(19,20)21/h3-9H,10H2,1-2H3,(H,22,25)(H,23,24). The average Bonchev–Trinajstić information content (AvgIpc) is 2.55. The van der Waals surface area contributed by atoms with Gasteiger partial charge < -0.3 is 10.6 Å². The third-order valence-electron chi connectivity index (χ3n) is 3.63. The van der Waals surface area contributed by atoms with Crippen molar-refractivity contribution in [2.45, 2.75) is 20.0 Å². The van der Waals surface area contributed by atoms with Gasteiger partial charge in [0.05, 0.1) is 12.1 Å². The van der Waals surface area contributed by atoms with E-state index >= 15 is 0 Å². The van der Waals surface area contributed by atoms with Gasteiger partial charge in [-0.2, -0.15) is 13.2 Å². The lowest BCUT2D eigenvalue weighted by Gasteiger charge is -2.12. The molecule has 25 heavy (non-hydrogen) atoms. The summed E-state index contributed by atoms with van der Waals surface area (Å²) in [5, 5.41) is 5.10. The average molecular weight is 350 g/mol. The van der Waals surface area contributed by atoms with Crippen molar-refractivity contribution >= 4 is 17.5 Å². The minimum absolute atomic E-state index is 0.0490. The van der Waals surface area contributed by atoms with Crippen LogP contribution in [-0.2, 0) is 11.0 Å². The molecule has 0 aliphatic heterocycles. The zero-order valence-corrected chi connectivity index (χ0v) is 13.7. The molecule has 132 valence electrons. The molecule has 0 aliphatic rings. The maximum atomic E-state index is 12.5. The highest BCUT2D eigenvalue weighted by molar-refractivity contribution is 5.99. The molecule has 0 saturated heterocycles. The van der Waals surface area contributed by atoms with Crippen molar-refractivity contribution in [1.29, 1.82) is 0 Å². The third kappa shape index (κ3) is 4.82. The number of alkyl halides is 3. The van der Waals surface area contributed by atoms with Crippen molar-refractivity contribution in [3.05, 3.63) is 64.7 Å². The van der Waals surface area contributed by atoms with Crippen molar-refractivity contribution in [1.82, 2.24) is 5.32 Å². The van der Waals surface area contributed by atoms with Gasteiger partial charge in [-0.05, 0) is 49.2 Å². The SMILES string of the molecule is Cc1cccc(C)c1NC(=O)CNC(=O)c1ccc(C(F)(F)F)cc1. The molecule has 2 amide bonds. The number of carbonyl (C=O) groups excluding carboxylic acids is 2. The van der Waals surface area contributed by atoms with Gasteiger partial charge in [-0.15, -0.1) is 0 Å². The van der Waals surface area contributed by atoms with E-state index in [0.717, 1.165) is 35.4 Å². The first-order chi connectivity index (χ1) is 11.7. The van der Waals surface area contributed by atoms with Crippen LogP contribution in [0.3, 0.4) is 0 Å². The van der Waals surface area contributed by atoms with Crippen molar-refractivity contribution in [2.24, 2.45) is 0 Å². The van der Waals surface area contributed by atoms with Gasteiger partial charge in [-0.3, -0.25) is 9.59 Å². The van der Waals surface area contributed by atoms with E-state index in [0.29, 0.717) is 5.69 Å². The fraction of sp³-hybridized carbons (Fsp3) is 0.222. The molecule has 0 atom stereocenters. The lowest BCUT2D eigenvalue weighted by atomic mass is 10.1. The molecule has 0 unspecified atom stereocenters. The van der Waals surface area contributed by atoms with E-state index in [1.807, 2.05) is 32.0 Å². The van der Waals surface area contributed by atoms with Crippen LogP contribution in [0.15, 0.2) is 42.5 Å². The summed E-state index contributed by atoms with van der Waals surface area (Å²) in [7, 11) is 0. The predicted octanol–water partition coefficient (Wildman–Crippen LogP) is 3.69. The number of benzene rings is 2. The molecule has 2 aromatic carbocycles. The fourth-order valence-electron chi connectivity index (χ4n) is 2.27. The number of anilines is 1. The molecule has 0 spiro atoms. The molecule has 4 nitrogen and oxygen atoms in total. The first-order valence-electron chi connectivity index (χ1n) is 7.50. The van der Waals surface area contributed by atoms with E-state index in [9.17, 15) is 22.8 Å². The van der Waals surface area contributed by atoms with Crippen LogP contribution in [0.25, 0.3) is 0 Å². The van der Waals surface area contributed by atoms with Gasteiger partial charge in [0.2, 0.25) is 5.91 Å². The van der Waals surface area contributed by atoms with E-state index in [4.69, 9.17) is 0 Å². The monoisotopic (exact) mass is 350 g/mol. The van der Waals surface area contributed by atoms with Gasteiger partial charge in [0.25, 0.3) is 5.91 Å². The normalized spacial score (nSPS) is 11.1. The van der Waals surface area contributed by atoms with Gasteiger partial charge in [0, 0.05) is 11.3 Å². The summed E-state index contributed by atoms with van der Waals surface area (Å²) in [6.45, 7) is 3.42. The number of hydrogen-bond acceptors (Lipinski definition) is 2. The predicted molar refractivity (Wildman–Crippen MR) is 88.3 cm³/mol. The van der Waals surface area contributed by atoms with Crippen LogP contribution in [0.2, 0.25) is 0 Å². The Kier molecular flexibility index (Phi) is 5.46. The second-order valence-corrected chi connectivity index (χ2v) is 5.57. The number of carbonyl (C=O) groups is 2. The number of aryl methyl sites for hydroxylation is 2. The number of rotatable bonds is 4. The Labute approximate surface area is 143 Å². The van der Waals surface area contributed by atoms with Crippen LogP contribution in [-0.4, -0.2) is 18.4 Å². The highest BCUT2D eigenvalue weighted by Gasteiger charge is 2.30. The Morgan fingerprint density at radius 1 is 0.960 bits per heavy atom. The Hall–Kier alpha value is -2.83. The van der Waals surface area contributed by atoms with E-state index in [1.54, 1.807) is 0 Å². The molecule has 2 rings (SSSR count). The van der Waals surface area contributed by atoms with Gasteiger partial charge in [-0.25, -0.2) is 0 Å². The summed E-state index contributed by atoms with van der Waals surface area (Å²) in [4.78, 5) is 23.9. The molecule has 0 fully saturated rings. The third-order valence-corrected chi connectivity index (χ3v) is 3.63. The van der Waals surface area contributed by atoms with Gasteiger partial charge in [0.1, 0.15) is 0 Å². The maximum Gasteiger partial charge on any atom is 0.416 e. The summed E-state index contributed by atoms with van der Waals surface area (Å²) in [5.74, 6) is -1.04. The van der Waals surface area contributed by atoms with Crippen molar-refractivity contribution in [3.8, 4) is 0 Å². The molecule has 0 saturated carbocycles. The topological polar surface area (TPSA) is 58.2 Å². The smallest absolute Gasteiger partial charge is 0.343 e. The first-order valence-corrected chi connectivity index (χ1v) is 7.50. The molecule has 0 heterocycles. The number of amides is 2. The largest absolute Gasteiger partial charge is 0.416 e. The summed E-state index contributed by atoms with van der Waals surface area (Å²) < 4.78 is 37.5. The number of para-hydroxylation sites is 1. The second kappa shape index (κ2) is 7.38. The second-order valence-electron chi connectivity index (χ2n) is 5.57. The molecule has 0 radical (unpaired) electrons. The molecule has 0 bridgehead atoms. The van der Waals surface area contributed by atoms with E-state index in [-0.39, 0.29) is 12.1 Å². The number of halogens is 3. The van der Waals surface area contributed by atoms with Crippen LogP contribution >= 0.6 is 0 Å². The first kappa shape index (κ1) is 18.5.